The number of aryl methyl sites for hydroxylation is 3. The first kappa shape index (κ1) is 24.8. The van der Waals surface area contributed by atoms with Gasteiger partial charge >= 0.3 is 0 Å². The van der Waals surface area contributed by atoms with E-state index in [1.165, 1.54) is 72.3 Å². The first-order valence-electron chi connectivity index (χ1n) is 13.5. The largest absolute Gasteiger partial charge is 0.0622 e. The quantitative estimate of drug-likeness (QED) is 0.227. The number of hydrogen-bond donors (Lipinski definition) is 0. The summed E-state index contributed by atoms with van der Waals surface area (Å²) in [6, 6.07) is 38.1. The van der Waals surface area contributed by atoms with E-state index in [0.29, 0.717) is 0 Å². The summed E-state index contributed by atoms with van der Waals surface area (Å²) in [5, 5.41) is 0. The van der Waals surface area contributed by atoms with Gasteiger partial charge in [0.1, 0.15) is 0 Å². The van der Waals surface area contributed by atoms with Crippen LogP contribution >= 0.6 is 0 Å². The normalized spacial score (nSPS) is 11.1. The third-order valence-corrected chi connectivity index (χ3v) is 7.58. The molecular formula is C37H36. The molecule has 0 aromatic heterocycles. The molecule has 0 aliphatic heterocycles. The van der Waals surface area contributed by atoms with Gasteiger partial charge in [-0.2, -0.15) is 0 Å². The zero-order chi connectivity index (χ0) is 25.9. The molecule has 5 aromatic carbocycles. The van der Waals surface area contributed by atoms with Crippen molar-refractivity contribution in [2.75, 3.05) is 0 Å². The van der Waals surface area contributed by atoms with Crippen LogP contribution in [0.5, 0.6) is 0 Å². The molecule has 37 heavy (non-hydrogen) atoms. The Morgan fingerprint density at radius 3 is 1.78 bits per heavy atom. The molecule has 0 radical (unpaired) electrons. The highest BCUT2D eigenvalue weighted by molar-refractivity contribution is 6.02. The van der Waals surface area contributed by atoms with Crippen LogP contribution in [0.1, 0.15) is 41.7 Å². The van der Waals surface area contributed by atoms with Gasteiger partial charge in [-0.1, -0.05) is 128 Å². The molecule has 0 spiro atoms. The van der Waals surface area contributed by atoms with E-state index in [4.69, 9.17) is 0 Å². The van der Waals surface area contributed by atoms with E-state index in [1.54, 1.807) is 0 Å². The predicted molar refractivity (Wildman–Crippen MR) is 161 cm³/mol. The molecule has 0 amide bonds. The highest BCUT2D eigenvalue weighted by atomic mass is 14.3. The molecule has 0 aliphatic rings. The fraction of sp³-hybridized carbons (Fsp3) is 0.189. The minimum absolute atomic E-state index is 0.961. The van der Waals surface area contributed by atoms with E-state index in [0.717, 1.165) is 12.8 Å². The lowest BCUT2D eigenvalue weighted by atomic mass is 9.76. The van der Waals surface area contributed by atoms with Crippen LogP contribution < -0.4 is 0 Å². The van der Waals surface area contributed by atoms with Crippen LogP contribution in [-0.2, 0) is 12.8 Å². The average Bonchev–Trinajstić information content (AvgIpc) is 2.93. The summed E-state index contributed by atoms with van der Waals surface area (Å²) in [5.74, 6) is 0. The first-order valence-corrected chi connectivity index (χ1v) is 13.5. The maximum atomic E-state index is 2.35. The second-order valence-electron chi connectivity index (χ2n) is 10.1. The molecule has 0 saturated carbocycles. The Kier molecular flexibility index (Phi) is 7.10. The fourth-order valence-electron chi connectivity index (χ4n) is 5.83. The molecule has 0 heterocycles. The SMILES string of the molecule is CCc1ccccc1-c1c(C)c(-c2ccccc2)c(CC)c(-c2cccc(C)c2)c1-c1ccc(C)cc1. The van der Waals surface area contributed by atoms with Gasteiger partial charge < -0.3 is 0 Å². The van der Waals surface area contributed by atoms with Crippen molar-refractivity contribution in [3.8, 4) is 44.5 Å². The Bertz CT molecular complexity index is 1540. The summed E-state index contributed by atoms with van der Waals surface area (Å²) in [5.41, 5.74) is 17.4. The number of benzene rings is 5. The lowest BCUT2D eigenvalue weighted by molar-refractivity contribution is 1.13. The first-order chi connectivity index (χ1) is 18.0. The minimum atomic E-state index is 0.961. The maximum Gasteiger partial charge on any atom is -0.00208 e. The van der Waals surface area contributed by atoms with Crippen molar-refractivity contribution < 1.29 is 0 Å². The van der Waals surface area contributed by atoms with Crippen LogP contribution in [-0.4, -0.2) is 0 Å². The highest BCUT2D eigenvalue weighted by Gasteiger charge is 2.25. The van der Waals surface area contributed by atoms with E-state index in [9.17, 15) is 0 Å². The molecule has 0 saturated heterocycles. The third kappa shape index (κ3) is 4.65. The summed E-state index contributed by atoms with van der Waals surface area (Å²) >= 11 is 0. The van der Waals surface area contributed by atoms with Crippen molar-refractivity contribution in [3.63, 3.8) is 0 Å². The van der Waals surface area contributed by atoms with Crippen LogP contribution in [0.25, 0.3) is 44.5 Å². The lowest BCUT2D eigenvalue weighted by Crippen LogP contribution is -2.04. The molecule has 0 N–H and O–H groups in total. The van der Waals surface area contributed by atoms with Crippen molar-refractivity contribution in [2.45, 2.75) is 47.5 Å². The van der Waals surface area contributed by atoms with Crippen LogP contribution in [0.4, 0.5) is 0 Å². The Morgan fingerprint density at radius 2 is 1.11 bits per heavy atom. The summed E-state index contributed by atoms with van der Waals surface area (Å²) in [6.45, 7) is 11.3. The molecular weight excluding hydrogens is 444 g/mol. The Morgan fingerprint density at radius 1 is 0.459 bits per heavy atom. The van der Waals surface area contributed by atoms with Gasteiger partial charge in [-0.25, -0.2) is 0 Å². The van der Waals surface area contributed by atoms with Crippen molar-refractivity contribution >= 4 is 0 Å². The van der Waals surface area contributed by atoms with E-state index in [1.807, 2.05) is 0 Å². The molecule has 0 fully saturated rings. The second-order valence-corrected chi connectivity index (χ2v) is 10.1. The summed E-state index contributed by atoms with van der Waals surface area (Å²) in [6.07, 6.45) is 1.96. The van der Waals surface area contributed by atoms with Gasteiger partial charge in [0.2, 0.25) is 0 Å². The lowest BCUT2D eigenvalue weighted by Gasteiger charge is -2.27. The highest BCUT2D eigenvalue weighted by Crippen LogP contribution is 2.49. The molecule has 0 bridgehead atoms. The fourth-order valence-corrected chi connectivity index (χ4v) is 5.83. The van der Waals surface area contributed by atoms with Crippen molar-refractivity contribution in [1.29, 1.82) is 0 Å². The van der Waals surface area contributed by atoms with Crippen LogP contribution in [0.2, 0.25) is 0 Å². The van der Waals surface area contributed by atoms with Gasteiger partial charge in [0.15, 0.2) is 0 Å². The predicted octanol–water partition coefficient (Wildman–Crippen LogP) is 10.4. The summed E-state index contributed by atoms with van der Waals surface area (Å²) in [4.78, 5) is 0. The van der Waals surface area contributed by atoms with Crippen LogP contribution in [0, 0.1) is 20.8 Å². The Balaban J connectivity index is 2.04. The molecule has 0 aliphatic carbocycles. The monoisotopic (exact) mass is 480 g/mol. The Labute approximate surface area is 222 Å². The van der Waals surface area contributed by atoms with E-state index in [2.05, 4.69) is 138 Å². The molecule has 184 valence electrons. The van der Waals surface area contributed by atoms with Crippen LogP contribution in [0.15, 0.2) is 103 Å². The number of hydrogen-bond acceptors (Lipinski definition) is 0. The van der Waals surface area contributed by atoms with Gasteiger partial charge in [-0.3, -0.25) is 0 Å². The van der Waals surface area contributed by atoms with Crippen LogP contribution in [0.3, 0.4) is 0 Å². The maximum absolute atomic E-state index is 2.35. The topological polar surface area (TPSA) is 0 Å². The summed E-state index contributed by atoms with van der Waals surface area (Å²) in [7, 11) is 0. The third-order valence-electron chi connectivity index (χ3n) is 7.58. The van der Waals surface area contributed by atoms with Gasteiger partial charge in [-0.15, -0.1) is 0 Å². The molecule has 5 rings (SSSR count). The van der Waals surface area contributed by atoms with E-state index in [-0.39, 0.29) is 0 Å². The summed E-state index contributed by atoms with van der Waals surface area (Å²) < 4.78 is 0. The smallest absolute Gasteiger partial charge is 0.00208 e. The minimum Gasteiger partial charge on any atom is -0.0622 e. The molecule has 0 unspecified atom stereocenters. The van der Waals surface area contributed by atoms with Crippen molar-refractivity contribution in [1.82, 2.24) is 0 Å². The van der Waals surface area contributed by atoms with Gasteiger partial charge in [-0.05, 0) is 94.8 Å². The van der Waals surface area contributed by atoms with Gasteiger partial charge in [0, 0.05) is 0 Å². The number of rotatable bonds is 6. The molecule has 0 atom stereocenters. The molecule has 0 heteroatoms. The van der Waals surface area contributed by atoms with Gasteiger partial charge in [0.05, 0.1) is 0 Å². The molecule has 5 aromatic rings. The van der Waals surface area contributed by atoms with Crippen molar-refractivity contribution in [3.05, 3.63) is 131 Å². The van der Waals surface area contributed by atoms with E-state index >= 15 is 0 Å². The van der Waals surface area contributed by atoms with Crippen molar-refractivity contribution in [2.24, 2.45) is 0 Å². The second kappa shape index (κ2) is 10.6. The average molecular weight is 481 g/mol. The zero-order valence-electron chi connectivity index (χ0n) is 22.7. The van der Waals surface area contributed by atoms with E-state index < -0.39 is 0 Å². The Hall–Kier alpha value is -3.90. The molecule has 0 nitrogen and oxygen atoms in total. The standard InChI is InChI=1S/C37H36/c1-6-28-15-11-12-19-33(28)35-27(5)34(29-16-9-8-10-17-29)32(7-2)36(31-18-13-14-26(4)24-31)37(35)30-22-20-25(3)21-23-30/h8-24H,6-7H2,1-5H3. The zero-order valence-corrected chi connectivity index (χ0v) is 22.7. The van der Waals surface area contributed by atoms with Gasteiger partial charge in [0.25, 0.3) is 0 Å².